The van der Waals surface area contributed by atoms with Crippen molar-refractivity contribution >= 4 is 35.2 Å². The molecule has 2 heterocycles. The van der Waals surface area contributed by atoms with Crippen LogP contribution in [-0.2, 0) is 4.79 Å². The number of carbonyl (C=O) groups is 1. The average molecular weight is 367 g/mol. The molecular weight excluding hydrogens is 350 g/mol. The molecule has 0 amide bonds. The summed E-state index contributed by atoms with van der Waals surface area (Å²) in [6.07, 6.45) is 3.69. The minimum Gasteiger partial charge on any atom is -0.480 e. The number of carboxylic acids is 1. The molecular formula is C18H17N5O2S. The lowest BCUT2D eigenvalue weighted by Crippen LogP contribution is -2.15. The van der Waals surface area contributed by atoms with E-state index in [0.717, 1.165) is 10.6 Å². The summed E-state index contributed by atoms with van der Waals surface area (Å²) in [5.74, 6) is -0.218. The Morgan fingerprint density at radius 2 is 2.00 bits per heavy atom. The second-order valence-corrected chi connectivity index (χ2v) is 6.16. The van der Waals surface area contributed by atoms with Crippen molar-refractivity contribution in [2.24, 2.45) is 0 Å². The van der Waals surface area contributed by atoms with Gasteiger partial charge in [0.1, 0.15) is 12.4 Å². The largest absolute Gasteiger partial charge is 0.480 e. The zero-order valence-electron chi connectivity index (χ0n) is 14.0. The van der Waals surface area contributed by atoms with Gasteiger partial charge >= 0.3 is 5.97 Å². The molecule has 1 aromatic carbocycles. The summed E-state index contributed by atoms with van der Waals surface area (Å²) in [5, 5.41) is 14.8. The zero-order valence-corrected chi connectivity index (χ0v) is 14.8. The number of pyridine rings is 1. The van der Waals surface area contributed by atoms with Crippen molar-refractivity contribution in [1.29, 1.82) is 0 Å². The molecule has 7 nitrogen and oxygen atoms in total. The van der Waals surface area contributed by atoms with Crippen LogP contribution in [0, 0.1) is 0 Å². The highest BCUT2D eigenvalue weighted by molar-refractivity contribution is 7.98. The van der Waals surface area contributed by atoms with E-state index < -0.39 is 5.97 Å². The van der Waals surface area contributed by atoms with Crippen molar-refractivity contribution < 1.29 is 9.90 Å². The Morgan fingerprint density at radius 3 is 2.73 bits per heavy atom. The summed E-state index contributed by atoms with van der Waals surface area (Å²) in [4.78, 5) is 25.0. The predicted octanol–water partition coefficient (Wildman–Crippen LogP) is 3.50. The van der Waals surface area contributed by atoms with Crippen LogP contribution in [-0.4, -0.2) is 38.8 Å². The lowest BCUT2D eigenvalue weighted by Gasteiger charge is -2.11. The third-order valence-corrected chi connectivity index (χ3v) is 4.12. The number of aromatic nitrogens is 3. The molecule has 0 aliphatic carbocycles. The standard InChI is InChI=1S/C18H17N5O2S/c1-26-13-6-4-5-12(9-13)21-16-10-15(14-7-2-3-8-19-14)22-18(23-16)20-11-17(24)25/h2-10H,11H2,1H3,(H,24,25)(H2,20,21,22,23). The Bertz CT molecular complexity index is 905. The summed E-state index contributed by atoms with van der Waals surface area (Å²) in [6.45, 7) is -0.271. The van der Waals surface area contributed by atoms with Crippen molar-refractivity contribution in [2.75, 3.05) is 23.4 Å². The SMILES string of the molecule is CSc1cccc(Nc2cc(-c3ccccn3)nc(NCC(=O)O)n2)c1. The van der Waals surface area contributed by atoms with E-state index in [1.54, 1.807) is 24.0 Å². The first kappa shape index (κ1) is 17.7. The van der Waals surface area contributed by atoms with E-state index in [2.05, 4.69) is 25.6 Å². The average Bonchev–Trinajstić information content (AvgIpc) is 2.67. The number of rotatable bonds is 7. The normalized spacial score (nSPS) is 10.3. The van der Waals surface area contributed by atoms with Crippen LogP contribution in [0.4, 0.5) is 17.5 Å². The van der Waals surface area contributed by atoms with Crippen LogP contribution < -0.4 is 10.6 Å². The Morgan fingerprint density at radius 1 is 1.12 bits per heavy atom. The maximum atomic E-state index is 10.8. The topological polar surface area (TPSA) is 100 Å². The fraction of sp³-hybridized carbons (Fsp3) is 0.111. The molecule has 8 heteroatoms. The molecule has 0 radical (unpaired) electrons. The Balaban J connectivity index is 1.94. The number of thioether (sulfide) groups is 1. The van der Waals surface area contributed by atoms with Gasteiger partial charge in [-0.15, -0.1) is 11.8 Å². The summed E-state index contributed by atoms with van der Waals surface area (Å²) in [7, 11) is 0. The van der Waals surface area contributed by atoms with Crippen molar-refractivity contribution in [3.8, 4) is 11.4 Å². The summed E-state index contributed by atoms with van der Waals surface area (Å²) >= 11 is 1.65. The quantitative estimate of drug-likeness (QED) is 0.546. The molecule has 0 spiro atoms. The summed E-state index contributed by atoms with van der Waals surface area (Å²) in [5.41, 5.74) is 2.15. The molecule has 0 aliphatic heterocycles. The van der Waals surface area contributed by atoms with E-state index in [1.165, 1.54) is 0 Å². The number of benzene rings is 1. The van der Waals surface area contributed by atoms with Gasteiger partial charge in [0.25, 0.3) is 0 Å². The molecule has 3 N–H and O–H groups in total. The third kappa shape index (κ3) is 4.70. The van der Waals surface area contributed by atoms with Crippen LogP contribution in [0.5, 0.6) is 0 Å². The first-order chi connectivity index (χ1) is 12.6. The molecule has 0 aliphatic rings. The number of nitrogens with zero attached hydrogens (tertiary/aromatic N) is 3. The number of aliphatic carboxylic acids is 1. The summed E-state index contributed by atoms with van der Waals surface area (Å²) < 4.78 is 0. The number of hydrogen-bond donors (Lipinski definition) is 3. The molecule has 2 aromatic heterocycles. The number of carboxylic acid groups (broad SMARTS) is 1. The highest BCUT2D eigenvalue weighted by Crippen LogP contribution is 2.24. The molecule has 0 fully saturated rings. The van der Waals surface area contributed by atoms with Crippen molar-refractivity contribution in [2.45, 2.75) is 4.90 Å². The molecule has 0 unspecified atom stereocenters. The van der Waals surface area contributed by atoms with Gasteiger partial charge in [-0.3, -0.25) is 9.78 Å². The van der Waals surface area contributed by atoms with Crippen LogP contribution in [0.25, 0.3) is 11.4 Å². The monoisotopic (exact) mass is 367 g/mol. The number of nitrogens with one attached hydrogen (secondary N) is 2. The van der Waals surface area contributed by atoms with E-state index in [-0.39, 0.29) is 12.5 Å². The maximum absolute atomic E-state index is 10.8. The minimum atomic E-state index is -0.987. The van der Waals surface area contributed by atoms with Gasteiger partial charge in [0.2, 0.25) is 5.95 Å². The van der Waals surface area contributed by atoms with Crippen LogP contribution in [0.2, 0.25) is 0 Å². The van der Waals surface area contributed by atoms with Crippen molar-refractivity contribution in [3.05, 3.63) is 54.7 Å². The summed E-state index contributed by atoms with van der Waals surface area (Å²) in [6, 6.07) is 15.2. The van der Waals surface area contributed by atoms with Crippen molar-refractivity contribution in [1.82, 2.24) is 15.0 Å². The third-order valence-electron chi connectivity index (χ3n) is 3.39. The maximum Gasteiger partial charge on any atom is 0.322 e. The molecule has 132 valence electrons. The first-order valence-corrected chi connectivity index (χ1v) is 9.04. The number of anilines is 3. The Labute approximate surface area is 154 Å². The molecule has 26 heavy (non-hydrogen) atoms. The zero-order chi connectivity index (χ0) is 18.4. The van der Waals surface area contributed by atoms with Gasteiger partial charge in [-0.1, -0.05) is 12.1 Å². The van der Waals surface area contributed by atoms with Gasteiger partial charge in [-0.25, -0.2) is 4.98 Å². The smallest absolute Gasteiger partial charge is 0.322 e. The highest BCUT2D eigenvalue weighted by Gasteiger charge is 2.09. The molecule has 0 saturated heterocycles. The lowest BCUT2D eigenvalue weighted by atomic mass is 10.2. The van der Waals surface area contributed by atoms with Gasteiger partial charge in [-0.2, -0.15) is 4.98 Å². The van der Waals surface area contributed by atoms with Gasteiger partial charge in [0.15, 0.2) is 0 Å². The second kappa shape index (κ2) is 8.30. The molecule has 3 rings (SSSR count). The van der Waals surface area contributed by atoms with Gasteiger partial charge in [0.05, 0.1) is 11.4 Å². The molecule has 0 saturated carbocycles. The lowest BCUT2D eigenvalue weighted by molar-refractivity contribution is -0.134. The fourth-order valence-electron chi connectivity index (χ4n) is 2.24. The van der Waals surface area contributed by atoms with Crippen LogP contribution in [0.1, 0.15) is 0 Å². The van der Waals surface area contributed by atoms with Crippen molar-refractivity contribution in [3.63, 3.8) is 0 Å². The van der Waals surface area contributed by atoms with Gasteiger partial charge < -0.3 is 15.7 Å². The first-order valence-electron chi connectivity index (χ1n) is 7.81. The van der Waals surface area contributed by atoms with E-state index in [4.69, 9.17) is 5.11 Å². The van der Waals surface area contributed by atoms with Crippen LogP contribution in [0.15, 0.2) is 59.6 Å². The van der Waals surface area contributed by atoms with E-state index in [0.29, 0.717) is 17.2 Å². The number of hydrogen-bond acceptors (Lipinski definition) is 7. The molecule has 3 aromatic rings. The minimum absolute atomic E-state index is 0.221. The van der Waals surface area contributed by atoms with Crippen LogP contribution in [0.3, 0.4) is 0 Å². The highest BCUT2D eigenvalue weighted by atomic mass is 32.2. The fourth-order valence-corrected chi connectivity index (χ4v) is 2.70. The molecule has 0 atom stereocenters. The second-order valence-electron chi connectivity index (χ2n) is 5.28. The van der Waals surface area contributed by atoms with Gasteiger partial charge in [-0.05, 0) is 36.6 Å². The Kier molecular flexibility index (Phi) is 5.65. The van der Waals surface area contributed by atoms with Crippen LogP contribution >= 0.6 is 11.8 Å². The van der Waals surface area contributed by atoms with E-state index >= 15 is 0 Å². The van der Waals surface area contributed by atoms with Gasteiger partial charge in [0, 0.05) is 22.8 Å². The van der Waals surface area contributed by atoms with E-state index in [9.17, 15) is 4.79 Å². The predicted molar refractivity (Wildman–Crippen MR) is 103 cm³/mol. The Hall–Kier alpha value is -3.13. The molecule has 0 bridgehead atoms. The van der Waals surface area contributed by atoms with E-state index in [1.807, 2.05) is 48.7 Å².